The third kappa shape index (κ3) is 5.23. The summed E-state index contributed by atoms with van der Waals surface area (Å²) in [5.74, 6) is -1.88. The number of nitrogens with one attached hydrogen (secondary N) is 1. The second-order valence-electron chi connectivity index (χ2n) is 9.24. The molecule has 1 amide bonds. The number of carbonyl (C=O) groups is 3. The van der Waals surface area contributed by atoms with Crippen molar-refractivity contribution in [3.8, 4) is 5.75 Å². The average Bonchev–Trinajstić information content (AvgIpc) is 3.37. The number of H-pyrrole nitrogens is 1. The molecule has 0 aliphatic carbocycles. The lowest BCUT2D eigenvalue weighted by Crippen LogP contribution is -2.42. The molecule has 2 aliphatic heterocycles. The van der Waals surface area contributed by atoms with Gasteiger partial charge in [-0.15, -0.1) is 0 Å². The minimum Gasteiger partial charge on any atom is -0.507 e. The predicted octanol–water partition coefficient (Wildman–Crippen LogP) is 2.74. The summed E-state index contributed by atoms with van der Waals surface area (Å²) in [7, 11) is 1.26. The number of aliphatic hydroxyl groups is 1. The number of hydrogen-bond acceptors (Lipinski definition) is 8. The maximum Gasteiger partial charge on any atom is 0.354 e. The van der Waals surface area contributed by atoms with Gasteiger partial charge in [-0.05, 0) is 37.1 Å². The highest BCUT2D eigenvalue weighted by Gasteiger charge is 2.46. The second-order valence-corrected chi connectivity index (χ2v) is 9.24. The quantitative estimate of drug-likeness (QED) is 0.169. The van der Waals surface area contributed by atoms with Crippen LogP contribution in [0.4, 0.5) is 0 Å². The Labute approximate surface area is 221 Å². The number of carbonyl (C=O) groups excluding carboxylic acids is 3. The van der Waals surface area contributed by atoms with Crippen molar-refractivity contribution < 1.29 is 33.7 Å². The Morgan fingerprint density at radius 1 is 1.24 bits per heavy atom. The van der Waals surface area contributed by atoms with Crippen molar-refractivity contribution in [2.24, 2.45) is 0 Å². The number of aromatic nitrogens is 1. The number of aromatic amines is 1. The van der Waals surface area contributed by atoms with Crippen LogP contribution in [0.5, 0.6) is 5.75 Å². The molecule has 1 unspecified atom stereocenters. The molecule has 10 heteroatoms. The molecule has 202 valence electrons. The highest BCUT2D eigenvalue weighted by atomic mass is 16.5. The number of morpholine rings is 1. The van der Waals surface area contributed by atoms with Gasteiger partial charge in [-0.3, -0.25) is 14.5 Å². The lowest BCUT2D eigenvalue weighted by molar-refractivity contribution is -0.140. The molecule has 1 atom stereocenters. The van der Waals surface area contributed by atoms with Crippen molar-refractivity contribution in [1.29, 1.82) is 0 Å². The molecule has 0 radical (unpaired) electrons. The number of aliphatic hydroxyl groups excluding tert-OH is 1. The van der Waals surface area contributed by atoms with Gasteiger partial charge in [-0.1, -0.05) is 24.8 Å². The summed E-state index contributed by atoms with van der Waals surface area (Å²) >= 11 is 0. The van der Waals surface area contributed by atoms with E-state index in [0.717, 1.165) is 13.1 Å². The molecule has 2 N–H and O–H groups in total. The van der Waals surface area contributed by atoms with E-state index in [9.17, 15) is 19.5 Å². The number of benzene rings is 1. The molecule has 2 fully saturated rings. The van der Waals surface area contributed by atoms with E-state index >= 15 is 0 Å². The first-order valence-electron chi connectivity index (χ1n) is 12.5. The molecule has 0 spiro atoms. The monoisotopic (exact) mass is 523 g/mol. The predicted molar refractivity (Wildman–Crippen MR) is 140 cm³/mol. The van der Waals surface area contributed by atoms with Gasteiger partial charge in [-0.25, -0.2) is 4.79 Å². The maximum absolute atomic E-state index is 13.5. The molecule has 2 aliphatic rings. The van der Waals surface area contributed by atoms with E-state index in [1.54, 1.807) is 44.2 Å². The molecule has 3 heterocycles. The lowest BCUT2D eigenvalue weighted by atomic mass is 9.94. The number of ether oxygens (including phenoxy) is 3. The third-order valence-corrected chi connectivity index (χ3v) is 6.91. The topological polar surface area (TPSA) is 121 Å². The summed E-state index contributed by atoms with van der Waals surface area (Å²) in [6.07, 6.45) is 1.62. The van der Waals surface area contributed by atoms with Gasteiger partial charge in [0.05, 0.1) is 31.9 Å². The first kappa shape index (κ1) is 27.2. The maximum atomic E-state index is 13.5. The van der Waals surface area contributed by atoms with E-state index < -0.39 is 23.7 Å². The number of methoxy groups -OCH3 is 1. The highest BCUT2D eigenvalue weighted by molar-refractivity contribution is 6.46. The average molecular weight is 524 g/mol. The van der Waals surface area contributed by atoms with Gasteiger partial charge < -0.3 is 29.2 Å². The largest absolute Gasteiger partial charge is 0.507 e. The summed E-state index contributed by atoms with van der Waals surface area (Å²) in [6.45, 7) is 10.8. The molecule has 1 aromatic heterocycles. The van der Waals surface area contributed by atoms with E-state index in [1.807, 2.05) is 0 Å². The van der Waals surface area contributed by atoms with Crippen LogP contribution in [0.25, 0.3) is 5.76 Å². The van der Waals surface area contributed by atoms with Gasteiger partial charge in [0.25, 0.3) is 11.7 Å². The Morgan fingerprint density at radius 2 is 1.97 bits per heavy atom. The number of likely N-dealkylation sites (tertiary alicyclic amines) is 1. The zero-order valence-electron chi connectivity index (χ0n) is 21.9. The van der Waals surface area contributed by atoms with Gasteiger partial charge in [0, 0.05) is 37.4 Å². The van der Waals surface area contributed by atoms with Crippen LogP contribution in [0.2, 0.25) is 0 Å². The minimum absolute atomic E-state index is 0.0422. The molecular weight excluding hydrogens is 490 g/mol. The van der Waals surface area contributed by atoms with Crippen LogP contribution in [0.15, 0.2) is 42.5 Å². The molecule has 0 bridgehead atoms. The van der Waals surface area contributed by atoms with Crippen molar-refractivity contribution in [2.45, 2.75) is 19.9 Å². The first-order chi connectivity index (χ1) is 18.3. The smallest absolute Gasteiger partial charge is 0.354 e. The summed E-state index contributed by atoms with van der Waals surface area (Å²) in [5.41, 5.74) is 1.94. The van der Waals surface area contributed by atoms with Gasteiger partial charge in [0.15, 0.2) is 0 Å². The van der Waals surface area contributed by atoms with E-state index in [4.69, 9.17) is 14.2 Å². The number of esters is 1. The fraction of sp³-hybridized carbons (Fsp3) is 0.393. The first-order valence-corrected chi connectivity index (χ1v) is 12.5. The normalized spacial score (nSPS) is 19.6. The zero-order chi connectivity index (χ0) is 27.4. The molecule has 2 aromatic rings. The molecule has 4 rings (SSSR count). The van der Waals surface area contributed by atoms with E-state index in [-0.39, 0.29) is 23.6 Å². The fourth-order valence-corrected chi connectivity index (χ4v) is 5.01. The zero-order valence-corrected chi connectivity index (χ0v) is 21.9. The van der Waals surface area contributed by atoms with Crippen LogP contribution in [0, 0.1) is 13.8 Å². The lowest BCUT2D eigenvalue weighted by Gasteiger charge is -2.31. The SMILES string of the molecule is C=CCOc1cccc(C2/C(=C(\O)c3c(C)[nH]c(C(=O)OC)c3C)C(=O)C(=O)N2CCN2CCOCC2)c1. The van der Waals surface area contributed by atoms with Crippen LogP contribution >= 0.6 is 0 Å². The Hall–Kier alpha value is -3.89. The molecule has 0 saturated carbocycles. The number of ketones is 1. The van der Waals surface area contributed by atoms with Gasteiger partial charge in [-0.2, -0.15) is 0 Å². The summed E-state index contributed by atoms with van der Waals surface area (Å²) in [4.78, 5) is 45.7. The number of rotatable bonds is 9. The number of hydrogen-bond donors (Lipinski definition) is 2. The van der Waals surface area contributed by atoms with Crippen LogP contribution in [0.1, 0.15) is 38.9 Å². The van der Waals surface area contributed by atoms with E-state index in [1.165, 1.54) is 12.0 Å². The molecule has 10 nitrogen and oxygen atoms in total. The molecule has 1 aromatic carbocycles. The Bertz CT molecular complexity index is 1270. The Morgan fingerprint density at radius 3 is 2.66 bits per heavy atom. The second kappa shape index (κ2) is 11.7. The third-order valence-electron chi connectivity index (χ3n) is 6.91. The van der Waals surface area contributed by atoms with Crippen molar-refractivity contribution in [3.63, 3.8) is 0 Å². The van der Waals surface area contributed by atoms with Crippen LogP contribution in [0.3, 0.4) is 0 Å². The van der Waals surface area contributed by atoms with Gasteiger partial charge >= 0.3 is 5.97 Å². The van der Waals surface area contributed by atoms with E-state index in [0.29, 0.717) is 54.5 Å². The highest BCUT2D eigenvalue weighted by Crippen LogP contribution is 2.41. The minimum atomic E-state index is -0.849. The van der Waals surface area contributed by atoms with Crippen molar-refractivity contribution in [2.75, 3.05) is 53.1 Å². The van der Waals surface area contributed by atoms with Crippen molar-refractivity contribution in [1.82, 2.24) is 14.8 Å². The van der Waals surface area contributed by atoms with Crippen molar-refractivity contribution >= 4 is 23.4 Å². The molecule has 38 heavy (non-hydrogen) atoms. The van der Waals surface area contributed by atoms with E-state index in [2.05, 4.69) is 16.5 Å². The van der Waals surface area contributed by atoms with Gasteiger partial charge in [0.2, 0.25) is 0 Å². The summed E-state index contributed by atoms with van der Waals surface area (Å²) in [5, 5.41) is 11.6. The number of nitrogens with zero attached hydrogens (tertiary/aromatic N) is 2. The molecule has 2 saturated heterocycles. The van der Waals surface area contributed by atoms with Gasteiger partial charge in [0.1, 0.15) is 23.8 Å². The molecular formula is C28H33N3O7. The van der Waals surface area contributed by atoms with Crippen LogP contribution in [-0.4, -0.2) is 90.7 Å². The summed E-state index contributed by atoms with van der Waals surface area (Å²) < 4.78 is 16.0. The Kier molecular flexibility index (Phi) is 8.33. The standard InChI is InChI=1S/C28H33N3O7/c1-5-13-38-20-8-6-7-19(16-20)24-22(25(32)21-17(2)23(28(35)36-4)29-18(21)3)26(33)27(34)31(24)10-9-30-11-14-37-15-12-30/h5-8,16,24,29,32H,1,9-15H2,2-4H3/b25-22+. The van der Waals surface area contributed by atoms with Crippen LogP contribution in [-0.2, 0) is 19.1 Å². The van der Waals surface area contributed by atoms with Crippen LogP contribution < -0.4 is 4.74 Å². The van der Waals surface area contributed by atoms with Crippen molar-refractivity contribution in [3.05, 3.63) is 70.6 Å². The fourth-order valence-electron chi connectivity index (χ4n) is 5.01. The number of Topliss-reactive ketones (excluding diaryl/α,β-unsaturated/α-hetero) is 1. The Balaban J connectivity index is 1.81. The summed E-state index contributed by atoms with van der Waals surface area (Å²) in [6, 6.07) is 6.25. The number of aryl methyl sites for hydroxylation is 1. The number of amides is 1.